The second-order valence-electron chi connectivity index (χ2n) is 4.73. The summed E-state index contributed by atoms with van der Waals surface area (Å²) in [6.45, 7) is 3.56. The Kier molecular flexibility index (Phi) is 4.13. The first kappa shape index (κ1) is 14.2. The Balaban J connectivity index is 2.44. The van der Waals surface area contributed by atoms with E-state index in [0.29, 0.717) is 5.56 Å². The Labute approximate surface area is 116 Å². The van der Waals surface area contributed by atoms with E-state index in [2.05, 4.69) is 0 Å². The molecule has 0 atom stereocenters. The second kappa shape index (κ2) is 5.82. The highest BCUT2D eigenvalue weighted by molar-refractivity contribution is 6.06. The summed E-state index contributed by atoms with van der Waals surface area (Å²) in [7, 11) is 0. The van der Waals surface area contributed by atoms with Crippen LogP contribution in [-0.2, 0) is 0 Å². The van der Waals surface area contributed by atoms with Crippen molar-refractivity contribution in [2.45, 2.75) is 19.9 Å². The lowest BCUT2D eigenvalue weighted by molar-refractivity contribution is 0.0979. The van der Waals surface area contributed by atoms with E-state index in [0.717, 1.165) is 12.1 Å². The van der Waals surface area contributed by atoms with Crippen LogP contribution in [0.25, 0.3) is 0 Å². The average molecular weight is 275 g/mol. The summed E-state index contributed by atoms with van der Waals surface area (Å²) in [6.07, 6.45) is 0. The van der Waals surface area contributed by atoms with E-state index in [1.807, 2.05) is 0 Å². The summed E-state index contributed by atoms with van der Waals surface area (Å²) in [5.41, 5.74) is 0.542. The molecule has 0 unspecified atom stereocenters. The second-order valence-corrected chi connectivity index (χ2v) is 4.73. The smallest absolute Gasteiger partial charge is 0.258 e. The van der Waals surface area contributed by atoms with Crippen molar-refractivity contribution in [3.05, 3.63) is 65.7 Å². The van der Waals surface area contributed by atoms with Crippen LogP contribution in [0.3, 0.4) is 0 Å². The van der Waals surface area contributed by atoms with Gasteiger partial charge in [-0.25, -0.2) is 8.78 Å². The first-order valence-electron chi connectivity index (χ1n) is 6.34. The fourth-order valence-corrected chi connectivity index (χ4v) is 2.02. The van der Waals surface area contributed by atoms with Crippen molar-refractivity contribution in [2.24, 2.45) is 0 Å². The van der Waals surface area contributed by atoms with Crippen LogP contribution >= 0.6 is 0 Å². The lowest BCUT2D eigenvalue weighted by Crippen LogP contribution is -2.37. The minimum Gasteiger partial charge on any atom is -0.303 e. The zero-order valence-corrected chi connectivity index (χ0v) is 11.3. The third kappa shape index (κ3) is 2.85. The van der Waals surface area contributed by atoms with E-state index in [9.17, 15) is 13.6 Å². The molecule has 0 saturated heterocycles. The third-order valence-electron chi connectivity index (χ3n) is 2.93. The number of anilines is 1. The first-order valence-corrected chi connectivity index (χ1v) is 6.34. The van der Waals surface area contributed by atoms with Crippen LogP contribution in [0.2, 0.25) is 0 Å². The fourth-order valence-electron chi connectivity index (χ4n) is 2.02. The van der Waals surface area contributed by atoms with E-state index in [1.54, 1.807) is 44.2 Å². The van der Waals surface area contributed by atoms with Crippen LogP contribution < -0.4 is 4.90 Å². The maximum Gasteiger partial charge on any atom is 0.258 e. The van der Waals surface area contributed by atoms with Gasteiger partial charge in [-0.1, -0.05) is 18.2 Å². The molecule has 2 rings (SSSR count). The summed E-state index contributed by atoms with van der Waals surface area (Å²) in [5.74, 6) is -1.73. The number of hydrogen-bond acceptors (Lipinski definition) is 1. The number of carbonyl (C=O) groups excluding carboxylic acids is 1. The Morgan fingerprint density at radius 1 is 1.05 bits per heavy atom. The van der Waals surface area contributed by atoms with Gasteiger partial charge in [-0.15, -0.1) is 0 Å². The lowest BCUT2D eigenvalue weighted by atomic mass is 10.1. The normalized spacial score (nSPS) is 10.7. The minimum atomic E-state index is -0.747. The third-order valence-corrected chi connectivity index (χ3v) is 2.93. The van der Waals surface area contributed by atoms with Crippen molar-refractivity contribution < 1.29 is 13.6 Å². The topological polar surface area (TPSA) is 20.3 Å². The molecule has 0 bridgehead atoms. The molecular formula is C16H15F2NO. The van der Waals surface area contributed by atoms with E-state index >= 15 is 0 Å². The Hall–Kier alpha value is -2.23. The molecule has 4 heteroatoms. The molecule has 20 heavy (non-hydrogen) atoms. The number of nitrogens with zero attached hydrogens (tertiary/aromatic N) is 1. The SMILES string of the molecule is CC(C)N(C(=O)c1ccccc1)c1ccc(F)cc1F. The molecule has 1 amide bonds. The van der Waals surface area contributed by atoms with Gasteiger partial charge in [0.05, 0.1) is 5.69 Å². The molecule has 0 aromatic heterocycles. The molecule has 0 fully saturated rings. The van der Waals surface area contributed by atoms with E-state index < -0.39 is 11.6 Å². The molecule has 0 heterocycles. The standard InChI is InChI=1S/C16H15F2NO/c1-11(2)19(15-9-8-13(17)10-14(15)18)16(20)12-6-4-3-5-7-12/h3-11H,1-2H3. The van der Waals surface area contributed by atoms with Gasteiger partial charge in [0.2, 0.25) is 0 Å². The number of amides is 1. The van der Waals surface area contributed by atoms with Crippen LogP contribution in [0, 0.1) is 11.6 Å². The van der Waals surface area contributed by atoms with Gasteiger partial charge < -0.3 is 4.90 Å². The van der Waals surface area contributed by atoms with Gasteiger partial charge in [-0.2, -0.15) is 0 Å². The zero-order chi connectivity index (χ0) is 14.7. The lowest BCUT2D eigenvalue weighted by Gasteiger charge is -2.27. The van der Waals surface area contributed by atoms with Crippen molar-refractivity contribution >= 4 is 11.6 Å². The highest BCUT2D eigenvalue weighted by Gasteiger charge is 2.23. The highest BCUT2D eigenvalue weighted by Crippen LogP contribution is 2.24. The van der Waals surface area contributed by atoms with Gasteiger partial charge in [0.15, 0.2) is 0 Å². The van der Waals surface area contributed by atoms with Crippen molar-refractivity contribution in [1.82, 2.24) is 0 Å². The number of hydrogen-bond donors (Lipinski definition) is 0. The molecular weight excluding hydrogens is 260 g/mol. The van der Waals surface area contributed by atoms with Crippen LogP contribution in [0.1, 0.15) is 24.2 Å². The minimum absolute atomic E-state index is 0.0789. The number of benzene rings is 2. The summed E-state index contributed by atoms with van der Waals surface area (Å²) in [5, 5.41) is 0. The van der Waals surface area contributed by atoms with Crippen LogP contribution in [0.5, 0.6) is 0 Å². The van der Waals surface area contributed by atoms with Gasteiger partial charge in [0, 0.05) is 17.7 Å². The molecule has 2 nitrogen and oxygen atoms in total. The molecule has 2 aromatic rings. The predicted molar refractivity (Wildman–Crippen MR) is 74.7 cm³/mol. The van der Waals surface area contributed by atoms with Crippen LogP contribution in [-0.4, -0.2) is 11.9 Å². The maximum atomic E-state index is 13.9. The summed E-state index contributed by atoms with van der Waals surface area (Å²) >= 11 is 0. The molecule has 0 spiro atoms. The van der Waals surface area contributed by atoms with Crippen molar-refractivity contribution in [1.29, 1.82) is 0 Å². The van der Waals surface area contributed by atoms with Gasteiger partial charge in [0.25, 0.3) is 5.91 Å². The van der Waals surface area contributed by atoms with E-state index in [-0.39, 0.29) is 17.6 Å². The zero-order valence-electron chi connectivity index (χ0n) is 11.3. The van der Waals surface area contributed by atoms with E-state index in [1.165, 1.54) is 11.0 Å². The maximum absolute atomic E-state index is 13.9. The van der Waals surface area contributed by atoms with Gasteiger partial charge in [-0.3, -0.25) is 4.79 Å². The number of halogens is 2. The van der Waals surface area contributed by atoms with Crippen LogP contribution in [0.4, 0.5) is 14.5 Å². The van der Waals surface area contributed by atoms with Crippen molar-refractivity contribution in [2.75, 3.05) is 4.90 Å². The Morgan fingerprint density at radius 3 is 2.25 bits per heavy atom. The summed E-state index contributed by atoms with van der Waals surface area (Å²) in [6, 6.07) is 11.6. The van der Waals surface area contributed by atoms with Gasteiger partial charge in [-0.05, 0) is 38.1 Å². The van der Waals surface area contributed by atoms with Gasteiger partial charge in [0.1, 0.15) is 11.6 Å². The molecule has 2 aromatic carbocycles. The van der Waals surface area contributed by atoms with Gasteiger partial charge >= 0.3 is 0 Å². The molecule has 0 aliphatic rings. The molecule has 0 radical (unpaired) electrons. The molecule has 0 aliphatic heterocycles. The number of rotatable bonds is 3. The molecule has 0 N–H and O–H groups in total. The van der Waals surface area contributed by atoms with Crippen LogP contribution in [0.15, 0.2) is 48.5 Å². The largest absolute Gasteiger partial charge is 0.303 e. The summed E-state index contributed by atoms with van der Waals surface area (Å²) in [4.78, 5) is 13.8. The highest BCUT2D eigenvalue weighted by atomic mass is 19.1. The average Bonchev–Trinajstić information content (AvgIpc) is 2.42. The summed E-state index contributed by atoms with van der Waals surface area (Å²) < 4.78 is 26.9. The van der Waals surface area contributed by atoms with E-state index in [4.69, 9.17) is 0 Å². The monoisotopic (exact) mass is 275 g/mol. The fraction of sp³-hybridized carbons (Fsp3) is 0.188. The first-order chi connectivity index (χ1) is 9.50. The predicted octanol–water partition coefficient (Wildman–Crippen LogP) is 4.02. The Bertz CT molecular complexity index is 611. The molecule has 104 valence electrons. The molecule has 0 saturated carbocycles. The van der Waals surface area contributed by atoms with Crippen molar-refractivity contribution in [3.8, 4) is 0 Å². The Morgan fingerprint density at radius 2 is 1.70 bits per heavy atom. The molecule has 0 aliphatic carbocycles. The quantitative estimate of drug-likeness (QED) is 0.828. The number of carbonyl (C=O) groups is 1. The van der Waals surface area contributed by atoms with Crippen molar-refractivity contribution in [3.63, 3.8) is 0 Å².